The van der Waals surface area contributed by atoms with Gasteiger partial charge in [-0.3, -0.25) is 4.79 Å². The Labute approximate surface area is 124 Å². The van der Waals surface area contributed by atoms with Crippen molar-refractivity contribution in [2.75, 3.05) is 11.4 Å². The van der Waals surface area contributed by atoms with Crippen LogP contribution in [0.15, 0.2) is 30.9 Å². The zero-order valence-corrected chi connectivity index (χ0v) is 12.2. The second-order valence-corrected chi connectivity index (χ2v) is 5.92. The molecule has 0 saturated carbocycles. The highest BCUT2D eigenvalue weighted by molar-refractivity contribution is 5.98. The van der Waals surface area contributed by atoms with Crippen LogP contribution in [0.4, 0.5) is 5.69 Å². The van der Waals surface area contributed by atoms with Gasteiger partial charge in [0.15, 0.2) is 0 Å². The normalized spacial score (nSPS) is 18.0. The monoisotopic (exact) mass is 281 g/mol. The van der Waals surface area contributed by atoms with Gasteiger partial charge in [0.05, 0.1) is 18.1 Å². The maximum atomic E-state index is 12.0. The van der Waals surface area contributed by atoms with Gasteiger partial charge < -0.3 is 9.47 Å². The van der Waals surface area contributed by atoms with Gasteiger partial charge in [-0.05, 0) is 36.0 Å². The Morgan fingerprint density at radius 3 is 2.76 bits per heavy atom. The number of hydrogen-bond acceptors (Lipinski definition) is 2. The Morgan fingerprint density at radius 2 is 2.05 bits per heavy atom. The van der Waals surface area contributed by atoms with Crippen LogP contribution in [0.5, 0.6) is 0 Å². The van der Waals surface area contributed by atoms with Gasteiger partial charge in [-0.1, -0.05) is 19.1 Å². The minimum atomic E-state index is 0.288. The van der Waals surface area contributed by atoms with Gasteiger partial charge in [0.25, 0.3) is 0 Å². The molecule has 0 bridgehead atoms. The Balaban J connectivity index is 1.81. The van der Waals surface area contributed by atoms with Crippen LogP contribution >= 0.6 is 0 Å². The number of carbonyl (C=O) groups is 1. The van der Waals surface area contributed by atoms with Crippen molar-refractivity contribution in [1.82, 2.24) is 9.55 Å². The van der Waals surface area contributed by atoms with Gasteiger partial charge in [-0.15, -0.1) is 0 Å². The van der Waals surface area contributed by atoms with Gasteiger partial charge in [0.2, 0.25) is 5.91 Å². The van der Waals surface area contributed by atoms with Crippen molar-refractivity contribution in [3.63, 3.8) is 0 Å². The van der Waals surface area contributed by atoms with Crippen LogP contribution in [0.1, 0.15) is 42.5 Å². The molecule has 1 unspecified atom stereocenters. The number of carbonyl (C=O) groups excluding carboxylic acids is 1. The molecule has 4 nitrogen and oxygen atoms in total. The molecule has 0 spiro atoms. The van der Waals surface area contributed by atoms with Crippen molar-refractivity contribution in [3.05, 3.63) is 47.5 Å². The molecule has 0 saturated heterocycles. The van der Waals surface area contributed by atoms with Crippen LogP contribution in [0, 0.1) is 0 Å². The second-order valence-electron chi connectivity index (χ2n) is 5.92. The number of nitrogens with zero attached hydrogens (tertiary/aromatic N) is 3. The summed E-state index contributed by atoms with van der Waals surface area (Å²) in [6.45, 7) is 3.06. The van der Waals surface area contributed by atoms with Crippen molar-refractivity contribution in [2.45, 2.75) is 38.6 Å². The average molecular weight is 281 g/mol. The summed E-state index contributed by atoms with van der Waals surface area (Å²) in [5.41, 5.74) is 5.24. The van der Waals surface area contributed by atoms with Gasteiger partial charge in [0, 0.05) is 25.4 Å². The zero-order valence-electron chi connectivity index (χ0n) is 12.2. The van der Waals surface area contributed by atoms with Gasteiger partial charge in [-0.25, -0.2) is 4.98 Å². The van der Waals surface area contributed by atoms with Crippen molar-refractivity contribution in [2.24, 2.45) is 0 Å². The van der Waals surface area contributed by atoms with Gasteiger partial charge in [-0.2, -0.15) is 0 Å². The number of benzene rings is 1. The fraction of sp³-hybridized carbons (Fsp3) is 0.412. The fourth-order valence-corrected chi connectivity index (χ4v) is 3.75. The molecule has 0 aliphatic carbocycles. The molecule has 0 radical (unpaired) electrons. The summed E-state index contributed by atoms with van der Waals surface area (Å²) in [6.07, 6.45) is 9.31. The Hall–Kier alpha value is -2.10. The van der Waals surface area contributed by atoms with Crippen molar-refractivity contribution in [3.8, 4) is 0 Å². The number of anilines is 1. The molecule has 108 valence electrons. The molecule has 2 aromatic rings. The first-order valence-electron chi connectivity index (χ1n) is 7.71. The van der Waals surface area contributed by atoms with Crippen molar-refractivity contribution >= 4 is 11.6 Å². The van der Waals surface area contributed by atoms with Crippen molar-refractivity contribution in [1.29, 1.82) is 0 Å². The highest BCUT2D eigenvalue weighted by atomic mass is 16.2. The van der Waals surface area contributed by atoms with E-state index in [1.54, 1.807) is 0 Å². The molecule has 4 rings (SSSR count). The Bertz CT molecular complexity index is 690. The summed E-state index contributed by atoms with van der Waals surface area (Å²) in [6, 6.07) is 4.93. The third-order valence-electron chi connectivity index (χ3n) is 4.73. The first-order chi connectivity index (χ1) is 10.3. The van der Waals surface area contributed by atoms with E-state index in [4.69, 9.17) is 0 Å². The Morgan fingerprint density at radius 1 is 1.24 bits per heavy atom. The lowest BCUT2D eigenvalue weighted by atomic mass is 9.93. The van der Waals surface area contributed by atoms with Crippen LogP contribution in [0.3, 0.4) is 0 Å². The first-order valence-corrected chi connectivity index (χ1v) is 7.71. The SMILES string of the molecule is CCC(c1cc2c3c(c1)CCN3C(=O)CC2)n1ccnc1. The topological polar surface area (TPSA) is 38.1 Å². The van der Waals surface area contributed by atoms with Gasteiger partial charge >= 0.3 is 0 Å². The number of amides is 1. The molecule has 2 aliphatic heterocycles. The van der Waals surface area contributed by atoms with E-state index in [0.29, 0.717) is 12.5 Å². The zero-order chi connectivity index (χ0) is 14.4. The van der Waals surface area contributed by atoms with Crippen LogP contribution < -0.4 is 4.90 Å². The number of aromatic nitrogens is 2. The summed E-state index contributed by atoms with van der Waals surface area (Å²) in [5, 5.41) is 0. The summed E-state index contributed by atoms with van der Waals surface area (Å²) in [5.74, 6) is 0.288. The lowest BCUT2D eigenvalue weighted by Gasteiger charge is -2.27. The largest absolute Gasteiger partial charge is 0.330 e. The molecule has 0 fully saturated rings. The molecule has 1 atom stereocenters. The quantitative estimate of drug-likeness (QED) is 0.867. The lowest BCUT2D eigenvalue weighted by Crippen LogP contribution is -2.32. The van der Waals surface area contributed by atoms with E-state index in [-0.39, 0.29) is 5.91 Å². The van der Waals surface area contributed by atoms with Crippen LogP contribution in [0.2, 0.25) is 0 Å². The van der Waals surface area contributed by atoms with E-state index in [1.807, 2.05) is 23.6 Å². The van der Waals surface area contributed by atoms with E-state index in [9.17, 15) is 4.79 Å². The smallest absolute Gasteiger partial charge is 0.227 e. The molecular weight excluding hydrogens is 262 g/mol. The molecule has 2 aliphatic rings. The highest BCUT2D eigenvalue weighted by Crippen LogP contribution is 2.39. The van der Waals surface area contributed by atoms with E-state index >= 15 is 0 Å². The molecular formula is C17H19N3O. The number of aryl methyl sites for hydroxylation is 1. The van der Waals surface area contributed by atoms with E-state index < -0.39 is 0 Å². The molecule has 3 heterocycles. The number of imidazole rings is 1. The standard InChI is InChI=1S/C17H19N3O/c1-2-15(19-8-6-18-11-19)14-9-12-3-4-16(21)20-7-5-13(10-14)17(12)20/h6,8-11,15H,2-5,7H2,1H3. The summed E-state index contributed by atoms with van der Waals surface area (Å²) in [4.78, 5) is 18.2. The predicted molar refractivity (Wildman–Crippen MR) is 81.5 cm³/mol. The Kier molecular flexibility index (Phi) is 2.84. The highest BCUT2D eigenvalue weighted by Gasteiger charge is 2.32. The average Bonchev–Trinajstić information content (AvgIpc) is 3.14. The molecule has 1 amide bonds. The maximum absolute atomic E-state index is 12.0. The second kappa shape index (κ2) is 4.72. The maximum Gasteiger partial charge on any atom is 0.227 e. The van der Waals surface area contributed by atoms with Gasteiger partial charge in [0.1, 0.15) is 0 Å². The minimum absolute atomic E-state index is 0.288. The lowest BCUT2D eigenvalue weighted by molar-refractivity contribution is -0.118. The van der Waals surface area contributed by atoms with E-state index in [1.165, 1.54) is 22.4 Å². The fourth-order valence-electron chi connectivity index (χ4n) is 3.75. The summed E-state index contributed by atoms with van der Waals surface area (Å²) < 4.78 is 2.18. The number of rotatable bonds is 3. The molecule has 1 aromatic heterocycles. The predicted octanol–water partition coefficient (Wildman–Crippen LogP) is 2.72. The van der Waals surface area contributed by atoms with E-state index in [0.717, 1.165) is 25.8 Å². The first kappa shape index (κ1) is 12.6. The third kappa shape index (κ3) is 1.89. The van der Waals surface area contributed by atoms with Crippen LogP contribution in [-0.4, -0.2) is 22.0 Å². The minimum Gasteiger partial charge on any atom is -0.330 e. The van der Waals surface area contributed by atoms with Crippen molar-refractivity contribution < 1.29 is 4.79 Å². The number of hydrogen-bond donors (Lipinski definition) is 0. The molecule has 21 heavy (non-hydrogen) atoms. The molecule has 1 aromatic carbocycles. The molecule has 4 heteroatoms. The van der Waals surface area contributed by atoms with Crippen LogP contribution in [0.25, 0.3) is 0 Å². The van der Waals surface area contributed by atoms with Crippen LogP contribution in [-0.2, 0) is 17.6 Å². The third-order valence-corrected chi connectivity index (χ3v) is 4.73. The van der Waals surface area contributed by atoms with E-state index in [2.05, 4.69) is 28.6 Å². The molecule has 0 N–H and O–H groups in total. The summed E-state index contributed by atoms with van der Waals surface area (Å²) >= 11 is 0. The summed E-state index contributed by atoms with van der Waals surface area (Å²) in [7, 11) is 0.